The van der Waals surface area contributed by atoms with Crippen molar-refractivity contribution in [1.82, 2.24) is 5.32 Å². The monoisotopic (exact) mass is 854 g/mol. The SMILES string of the molecule is CCC/C=C/C=C/C=C/C=C/C=C/CCCCCC(CC(=O)NC(CO)C(O)CCCCCCCCCCCCCCCC)OC(=O)CCCCCCCCCCCCCC. The summed E-state index contributed by atoms with van der Waals surface area (Å²) >= 11 is 0. The van der Waals surface area contributed by atoms with Gasteiger partial charge in [0.2, 0.25) is 5.91 Å². The molecule has 0 aliphatic heterocycles. The largest absolute Gasteiger partial charge is 0.462 e. The van der Waals surface area contributed by atoms with Gasteiger partial charge in [0.05, 0.1) is 25.2 Å². The second-order valence-electron chi connectivity index (χ2n) is 17.7. The molecule has 3 unspecified atom stereocenters. The summed E-state index contributed by atoms with van der Waals surface area (Å²) < 4.78 is 5.92. The van der Waals surface area contributed by atoms with Crippen LogP contribution in [0.3, 0.4) is 0 Å². The van der Waals surface area contributed by atoms with Crippen LogP contribution in [0.2, 0.25) is 0 Å². The molecule has 0 aromatic carbocycles. The molecule has 0 heterocycles. The van der Waals surface area contributed by atoms with Crippen molar-refractivity contribution in [2.75, 3.05) is 6.61 Å². The van der Waals surface area contributed by atoms with E-state index in [2.05, 4.69) is 50.4 Å². The van der Waals surface area contributed by atoms with Gasteiger partial charge in [-0.3, -0.25) is 9.59 Å². The zero-order valence-corrected chi connectivity index (χ0v) is 40.3. The Kier molecular flexibility index (Phi) is 46.6. The number of allylic oxidation sites excluding steroid dienone is 10. The summed E-state index contributed by atoms with van der Waals surface area (Å²) in [6.07, 6.45) is 59.9. The minimum Gasteiger partial charge on any atom is -0.462 e. The van der Waals surface area contributed by atoms with Gasteiger partial charge in [0.1, 0.15) is 6.10 Å². The van der Waals surface area contributed by atoms with Gasteiger partial charge >= 0.3 is 5.97 Å². The summed E-state index contributed by atoms with van der Waals surface area (Å²) in [5.41, 5.74) is 0. The van der Waals surface area contributed by atoms with E-state index in [1.54, 1.807) is 0 Å². The molecule has 0 aliphatic rings. The van der Waals surface area contributed by atoms with Crippen molar-refractivity contribution in [2.24, 2.45) is 0 Å². The fourth-order valence-corrected chi connectivity index (χ4v) is 7.76. The second-order valence-corrected chi connectivity index (χ2v) is 17.7. The molecule has 0 saturated heterocycles. The minimum atomic E-state index is -0.799. The highest BCUT2D eigenvalue weighted by Gasteiger charge is 2.24. The van der Waals surface area contributed by atoms with Crippen LogP contribution in [-0.2, 0) is 14.3 Å². The van der Waals surface area contributed by atoms with Crippen LogP contribution in [0.4, 0.5) is 0 Å². The number of hydrogen-bond acceptors (Lipinski definition) is 5. The lowest BCUT2D eigenvalue weighted by molar-refractivity contribution is -0.151. The zero-order valence-electron chi connectivity index (χ0n) is 40.3. The lowest BCUT2D eigenvalue weighted by atomic mass is 10.0. The van der Waals surface area contributed by atoms with E-state index in [0.29, 0.717) is 19.3 Å². The molecule has 0 spiro atoms. The summed E-state index contributed by atoms with van der Waals surface area (Å²) in [6.45, 7) is 6.39. The Bertz CT molecular complexity index is 1090. The molecule has 0 fully saturated rings. The number of unbranched alkanes of at least 4 members (excludes halogenated alkanes) is 28. The molecule has 0 aromatic heterocycles. The van der Waals surface area contributed by atoms with Gasteiger partial charge in [0.25, 0.3) is 0 Å². The number of esters is 1. The molecule has 3 N–H and O–H groups in total. The summed E-state index contributed by atoms with van der Waals surface area (Å²) in [6, 6.07) is -0.715. The van der Waals surface area contributed by atoms with Gasteiger partial charge in [0, 0.05) is 6.42 Å². The van der Waals surface area contributed by atoms with Gasteiger partial charge in [-0.15, -0.1) is 0 Å². The van der Waals surface area contributed by atoms with Crippen molar-refractivity contribution in [2.45, 2.75) is 270 Å². The smallest absolute Gasteiger partial charge is 0.306 e. The van der Waals surface area contributed by atoms with Crippen LogP contribution in [-0.4, -0.2) is 46.9 Å². The zero-order chi connectivity index (χ0) is 44.5. The van der Waals surface area contributed by atoms with Crippen LogP contribution >= 0.6 is 0 Å². The molecular weight excluding hydrogens is 755 g/mol. The van der Waals surface area contributed by atoms with Gasteiger partial charge in [0.15, 0.2) is 0 Å². The number of rotatable bonds is 46. The Labute approximate surface area is 378 Å². The van der Waals surface area contributed by atoms with E-state index >= 15 is 0 Å². The first-order valence-electron chi connectivity index (χ1n) is 26.1. The van der Waals surface area contributed by atoms with Crippen LogP contribution in [0, 0.1) is 0 Å². The maximum atomic E-state index is 13.2. The van der Waals surface area contributed by atoms with Gasteiger partial charge in [-0.2, -0.15) is 0 Å². The standard InChI is InChI=1S/C55H99NO5/c1-4-7-10-13-16-19-22-25-27-28-29-31-34-37-40-43-46-51(61-55(60)48-45-42-39-36-33-24-21-18-15-12-9-6-3)49-54(59)56-52(50-57)53(58)47-44-41-38-35-32-30-26-23-20-17-14-11-8-5-2/h10,13,16,19,22,25,27-29,31,51-53,57-58H,4-9,11-12,14-15,17-18,20-21,23-24,26,30,32-50H2,1-3H3,(H,56,59)/b13-10+,19-16+,25-22+,28-27+,31-29+. The molecular formula is C55H99NO5. The Hall–Kier alpha value is -2.44. The Morgan fingerprint density at radius 1 is 0.475 bits per heavy atom. The topological polar surface area (TPSA) is 95.9 Å². The molecule has 1 amide bonds. The molecule has 0 rings (SSSR count). The lowest BCUT2D eigenvalue weighted by Gasteiger charge is -2.24. The molecule has 0 saturated carbocycles. The van der Waals surface area contributed by atoms with Gasteiger partial charge in [-0.05, 0) is 44.9 Å². The summed E-state index contributed by atoms with van der Waals surface area (Å²) in [4.78, 5) is 26.1. The fraction of sp³-hybridized carbons (Fsp3) is 0.782. The van der Waals surface area contributed by atoms with Crippen molar-refractivity contribution in [3.8, 4) is 0 Å². The normalized spacial score (nSPS) is 13.7. The quantitative estimate of drug-likeness (QED) is 0.0322. The van der Waals surface area contributed by atoms with Gasteiger partial charge in [-0.25, -0.2) is 0 Å². The number of carbonyl (C=O) groups is 2. The lowest BCUT2D eigenvalue weighted by Crippen LogP contribution is -2.46. The molecule has 354 valence electrons. The van der Waals surface area contributed by atoms with E-state index in [9.17, 15) is 19.8 Å². The van der Waals surface area contributed by atoms with E-state index < -0.39 is 18.2 Å². The number of aliphatic hydroxyl groups is 2. The Morgan fingerprint density at radius 2 is 0.869 bits per heavy atom. The molecule has 0 aromatic rings. The second kappa shape index (κ2) is 48.6. The predicted octanol–water partition coefficient (Wildman–Crippen LogP) is 15.6. The summed E-state index contributed by atoms with van der Waals surface area (Å²) in [5, 5.41) is 23.8. The maximum Gasteiger partial charge on any atom is 0.306 e. The molecule has 6 heteroatoms. The molecule has 0 aliphatic carbocycles. The maximum absolute atomic E-state index is 13.2. The third kappa shape index (κ3) is 44.0. The number of aliphatic hydroxyl groups excluding tert-OH is 2. The first-order valence-corrected chi connectivity index (χ1v) is 26.1. The Balaban J connectivity index is 4.66. The third-order valence-corrected chi connectivity index (χ3v) is 11.7. The van der Waals surface area contributed by atoms with Crippen molar-refractivity contribution in [3.63, 3.8) is 0 Å². The van der Waals surface area contributed by atoms with Crippen LogP contribution in [0.25, 0.3) is 0 Å². The van der Waals surface area contributed by atoms with Crippen molar-refractivity contribution >= 4 is 11.9 Å². The molecule has 3 atom stereocenters. The summed E-state index contributed by atoms with van der Waals surface area (Å²) in [5.74, 6) is -0.511. The van der Waals surface area contributed by atoms with Crippen molar-refractivity contribution < 1.29 is 24.5 Å². The van der Waals surface area contributed by atoms with Gasteiger partial charge in [-0.1, -0.05) is 255 Å². The molecule has 0 bridgehead atoms. The highest BCUT2D eigenvalue weighted by Crippen LogP contribution is 2.18. The van der Waals surface area contributed by atoms with Gasteiger partial charge < -0.3 is 20.3 Å². The van der Waals surface area contributed by atoms with E-state index in [1.807, 2.05) is 36.5 Å². The predicted molar refractivity (Wildman–Crippen MR) is 264 cm³/mol. The van der Waals surface area contributed by atoms with Crippen LogP contribution in [0.5, 0.6) is 0 Å². The fourth-order valence-electron chi connectivity index (χ4n) is 7.76. The number of ether oxygens (including phenoxy) is 1. The van der Waals surface area contributed by atoms with E-state index in [-0.39, 0.29) is 24.9 Å². The highest BCUT2D eigenvalue weighted by molar-refractivity contribution is 5.77. The van der Waals surface area contributed by atoms with Crippen molar-refractivity contribution in [1.29, 1.82) is 0 Å². The van der Waals surface area contributed by atoms with E-state index in [0.717, 1.165) is 70.6 Å². The third-order valence-electron chi connectivity index (χ3n) is 11.7. The average Bonchev–Trinajstić information content (AvgIpc) is 3.25. The van der Waals surface area contributed by atoms with E-state index in [1.165, 1.54) is 135 Å². The molecule has 6 nitrogen and oxygen atoms in total. The van der Waals surface area contributed by atoms with Crippen LogP contribution in [0.15, 0.2) is 60.8 Å². The summed E-state index contributed by atoms with van der Waals surface area (Å²) in [7, 11) is 0. The van der Waals surface area contributed by atoms with Crippen LogP contribution < -0.4 is 5.32 Å². The number of nitrogens with one attached hydrogen (secondary N) is 1. The number of hydrogen-bond donors (Lipinski definition) is 3. The highest BCUT2D eigenvalue weighted by atomic mass is 16.5. The first-order chi connectivity index (χ1) is 30.0. The minimum absolute atomic E-state index is 0.0503. The number of amides is 1. The van der Waals surface area contributed by atoms with Crippen molar-refractivity contribution in [3.05, 3.63) is 60.8 Å². The molecule has 61 heavy (non-hydrogen) atoms. The first kappa shape index (κ1) is 58.6. The average molecular weight is 854 g/mol. The van der Waals surface area contributed by atoms with Crippen LogP contribution in [0.1, 0.15) is 252 Å². The Morgan fingerprint density at radius 3 is 1.33 bits per heavy atom. The number of carbonyl (C=O) groups excluding carboxylic acids is 2. The van der Waals surface area contributed by atoms with E-state index in [4.69, 9.17) is 4.74 Å². The molecule has 0 radical (unpaired) electrons.